The Morgan fingerprint density at radius 3 is 2.54 bits per heavy atom. The van der Waals surface area contributed by atoms with Gasteiger partial charge in [-0.25, -0.2) is 18.2 Å². The Kier molecular flexibility index (Phi) is 8.14. The third-order valence-electron chi connectivity index (χ3n) is 5.90. The number of benzene rings is 2. The van der Waals surface area contributed by atoms with E-state index < -0.39 is 29.6 Å². The number of amidine groups is 1. The molecule has 0 bridgehead atoms. The van der Waals surface area contributed by atoms with Gasteiger partial charge in [-0.15, -0.1) is 0 Å². The molecule has 37 heavy (non-hydrogen) atoms. The normalized spacial score (nSPS) is 17.7. The molecule has 2 unspecified atom stereocenters. The van der Waals surface area contributed by atoms with Gasteiger partial charge in [0.1, 0.15) is 5.75 Å². The number of halogens is 3. The molecule has 3 aromatic rings. The molecule has 1 aliphatic heterocycles. The van der Waals surface area contributed by atoms with Gasteiger partial charge in [-0.2, -0.15) is 0 Å². The van der Waals surface area contributed by atoms with Crippen molar-refractivity contribution in [2.45, 2.75) is 19.1 Å². The highest BCUT2D eigenvalue weighted by atomic mass is 19.2. The number of methoxy groups -OCH3 is 1. The molecule has 0 spiro atoms. The Morgan fingerprint density at radius 2 is 1.89 bits per heavy atom. The van der Waals surface area contributed by atoms with Gasteiger partial charge in [0.05, 0.1) is 50.7 Å². The molecule has 2 aromatic carbocycles. The summed E-state index contributed by atoms with van der Waals surface area (Å²) in [6.45, 7) is 1.74. The van der Waals surface area contributed by atoms with Crippen LogP contribution in [-0.2, 0) is 9.57 Å². The summed E-state index contributed by atoms with van der Waals surface area (Å²) in [6.07, 6.45) is 6.29. The number of hydrogen-bond donors (Lipinski definition) is 1. The molecular formula is C26H27F3N4O4. The molecule has 8 nitrogen and oxygen atoms in total. The number of likely N-dealkylation sites (N-methyl/N-ethyl adjacent to an activating group) is 1. The zero-order valence-corrected chi connectivity index (χ0v) is 20.6. The number of aliphatic hydroxyl groups is 1. The van der Waals surface area contributed by atoms with Crippen LogP contribution in [0, 0.1) is 24.4 Å². The van der Waals surface area contributed by atoms with E-state index in [9.17, 15) is 13.2 Å². The molecule has 2 atom stereocenters. The van der Waals surface area contributed by atoms with E-state index in [-0.39, 0.29) is 25.4 Å². The van der Waals surface area contributed by atoms with E-state index >= 15 is 0 Å². The monoisotopic (exact) mass is 516 g/mol. The topological polar surface area (TPSA) is 81.3 Å². The molecular weight excluding hydrogens is 489 g/mol. The van der Waals surface area contributed by atoms with Crippen molar-refractivity contribution in [3.05, 3.63) is 83.2 Å². The van der Waals surface area contributed by atoms with Crippen LogP contribution in [0.25, 0.3) is 11.8 Å². The predicted octanol–water partition coefficient (Wildman–Crippen LogP) is 4.01. The maximum atomic E-state index is 14.0. The number of oxime groups is 1. The standard InChI is InChI=1S/C26H27F3N4O4/c1-16-13-33(15-30-16)21-6-4-17(10-22(21)35-3)5-7-24-31-37-23(14-36-9-8-34)26(32(24)2)18-11-19(27)25(29)20(28)12-18/h4-7,10-13,15,23,26,34H,8-9,14H2,1-3H3. The molecule has 2 heterocycles. The Labute approximate surface area is 212 Å². The molecule has 11 heteroatoms. The minimum atomic E-state index is -1.55. The van der Waals surface area contributed by atoms with Gasteiger partial charge in [0.2, 0.25) is 0 Å². The van der Waals surface area contributed by atoms with Gasteiger partial charge in [-0.05, 0) is 48.4 Å². The van der Waals surface area contributed by atoms with Crippen molar-refractivity contribution in [2.24, 2.45) is 5.16 Å². The minimum Gasteiger partial charge on any atom is -0.495 e. The van der Waals surface area contributed by atoms with Gasteiger partial charge < -0.3 is 28.9 Å². The lowest BCUT2D eigenvalue weighted by Gasteiger charge is -2.38. The number of rotatable bonds is 9. The molecule has 0 radical (unpaired) electrons. The van der Waals surface area contributed by atoms with Crippen LogP contribution in [0.3, 0.4) is 0 Å². The maximum absolute atomic E-state index is 14.0. The zero-order chi connectivity index (χ0) is 26.5. The second-order valence-electron chi connectivity index (χ2n) is 8.43. The van der Waals surface area contributed by atoms with E-state index in [0.717, 1.165) is 29.1 Å². The average Bonchev–Trinajstić information content (AvgIpc) is 3.32. The van der Waals surface area contributed by atoms with Crippen molar-refractivity contribution < 1.29 is 32.6 Å². The van der Waals surface area contributed by atoms with Gasteiger partial charge in [-0.3, -0.25) is 0 Å². The molecule has 0 saturated heterocycles. The lowest BCUT2D eigenvalue weighted by molar-refractivity contribution is -0.0664. The lowest BCUT2D eigenvalue weighted by atomic mass is 9.98. The van der Waals surface area contributed by atoms with E-state index in [4.69, 9.17) is 19.4 Å². The molecule has 0 aliphatic carbocycles. The number of aryl methyl sites for hydroxylation is 1. The quantitative estimate of drug-likeness (QED) is 0.342. The van der Waals surface area contributed by atoms with Crippen LogP contribution >= 0.6 is 0 Å². The summed E-state index contributed by atoms with van der Waals surface area (Å²) in [5.74, 6) is -3.17. The maximum Gasteiger partial charge on any atom is 0.194 e. The summed E-state index contributed by atoms with van der Waals surface area (Å²) < 4.78 is 54.5. The number of aromatic nitrogens is 2. The van der Waals surface area contributed by atoms with Crippen LogP contribution in [0.1, 0.15) is 22.9 Å². The highest BCUT2D eigenvalue weighted by Gasteiger charge is 2.35. The van der Waals surface area contributed by atoms with E-state index in [0.29, 0.717) is 11.6 Å². The first-order valence-corrected chi connectivity index (χ1v) is 11.5. The number of ether oxygens (including phenoxy) is 2. The fourth-order valence-corrected chi connectivity index (χ4v) is 4.09. The van der Waals surface area contributed by atoms with Crippen LogP contribution in [-0.4, -0.2) is 65.5 Å². The summed E-state index contributed by atoms with van der Waals surface area (Å²) in [4.78, 5) is 11.5. The molecule has 0 saturated carbocycles. The SMILES string of the molecule is COc1cc(C=CC2=NOC(COCCO)C(c3cc(F)c(F)c(F)c3)N2C)ccc1-n1cnc(C)c1. The average molecular weight is 517 g/mol. The highest BCUT2D eigenvalue weighted by molar-refractivity contribution is 5.96. The summed E-state index contributed by atoms with van der Waals surface area (Å²) >= 11 is 0. The van der Waals surface area contributed by atoms with E-state index in [1.54, 1.807) is 37.5 Å². The van der Waals surface area contributed by atoms with E-state index in [1.807, 2.05) is 35.9 Å². The fraction of sp³-hybridized carbons (Fsp3) is 0.308. The first kappa shape index (κ1) is 26.2. The summed E-state index contributed by atoms with van der Waals surface area (Å²) in [6, 6.07) is 6.73. The fourth-order valence-electron chi connectivity index (χ4n) is 4.09. The van der Waals surface area contributed by atoms with Crippen LogP contribution in [0.4, 0.5) is 13.2 Å². The highest BCUT2D eigenvalue weighted by Crippen LogP contribution is 2.32. The van der Waals surface area contributed by atoms with Crippen LogP contribution in [0.15, 0.2) is 54.1 Å². The third-order valence-corrected chi connectivity index (χ3v) is 5.90. The number of nitrogens with zero attached hydrogens (tertiary/aromatic N) is 4. The van der Waals surface area contributed by atoms with Gasteiger partial charge >= 0.3 is 0 Å². The summed E-state index contributed by atoms with van der Waals surface area (Å²) in [5, 5.41) is 13.1. The van der Waals surface area contributed by atoms with Crippen molar-refractivity contribution in [3.8, 4) is 11.4 Å². The summed E-state index contributed by atoms with van der Waals surface area (Å²) in [7, 11) is 3.26. The first-order chi connectivity index (χ1) is 17.8. The number of hydrogen-bond acceptors (Lipinski definition) is 7. The molecule has 1 aromatic heterocycles. The molecule has 0 amide bonds. The van der Waals surface area contributed by atoms with Crippen LogP contribution in [0.5, 0.6) is 5.75 Å². The molecule has 0 fully saturated rings. The zero-order valence-electron chi connectivity index (χ0n) is 20.6. The van der Waals surface area contributed by atoms with E-state index in [1.165, 1.54) is 0 Å². The van der Waals surface area contributed by atoms with Gasteiger partial charge in [0.15, 0.2) is 29.4 Å². The van der Waals surface area contributed by atoms with Crippen molar-refractivity contribution in [2.75, 3.05) is 34.0 Å². The minimum absolute atomic E-state index is 0.0109. The Balaban J connectivity index is 1.61. The Hall–Kier alpha value is -3.83. The van der Waals surface area contributed by atoms with Crippen molar-refractivity contribution >= 4 is 11.9 Å². The van der Waals surface area contributed by atoms with E-state index in [2.05, 4.69) is 10.1 Å². The Morgan fingerprint density at radius 1 is 1.14 bits per heavy atom. The van der Waals surface area contributed by atoms with Gasteiger partial charge in [0.25, 0.3) is 0 Å². The van der Waals surface area contributed by atoms with Gasteiger partial charge in [0, 0.05) is 13.2 Å². The first-order valence-electron chi connectivity index (χ1n) is 11.5. The smallest absolute Gasteiger partial charge is 0.194 e. The number of aliphatic hydroxyl groups excluding tert-OH is 1. The second-order valence-corrected chi connectivity index (χ2v) is 8.43. The van der Waals surface area contributed by atoms with Crippen molar-refractivity contribution in [3.63, 3.8) is 0 Å². The lowest BCUT2D eigenvalue weighted by Crippen LogP contribution is -2.44. The number of imidazole rings is 1. The molecule has 1 N–H and O–H groups in total. The molecule has 196 valence electrons. The van der Waals surface area contributed by atoms with Crippen molar-refractivity contribution in [1.29, 1.82) is 0 Å². The predicted molar refractivity (Wildman–Crippen MR) is 131 cm³/mol. The Bertz CT molecular complexity index is 1290. The summed E-state index contributed by atoms with van der Waals surface area (Å²) in [5.41, 5.74) is 2.65. The van der Waals surface area contributed by atoms with Crippen molar-refractivity contribution in [1.82, 2.24) is 14.5 Å². The molecule has 4 rings (SSSR count). The third kappa shape index (κ3) is 5.78. The largest absolute Gasteiger partial charge is 0.495 e. The molecule has 1 aliphatic rings. The van der Waals surface area contributed by atoms with Crippen LogP contribution < -0.4 is 4.74 Å². The van der Waals surface area contributed by atoms with Gasteiger partial charge in [-0.1, -0.05) is 17.3 Å². The van der Waals surface area contributed by atoms with Crippen LogP contribution in [0.2, 0.25) is 0 Å². The second kappa shape index (κ2) is 11.5.